The largest absolute Gasteiger partial charge is 0.497 e. The Kier molecular flexibility index (Phi) is 5.34. The quantitative estimate of drug-likeness (QED) is 0.598. The van der Waals surface area contributed by atoms with Crippen molar-refractivity contribution < 1.29 is 14.3 Å². The SMILES string of the molecule is COc1cccc(NC2=C(c3ccc(C)c(C)c3)C(=O)N(c3cccc(C)c3)C2=O)c1. The van der Waals surface area contributed by atoms with Crippen LogP contribution in [0.15, 0.2) is 72.4 Å². The van der Waals surface area contributed by atoms with Crippen LogP contribution in [0.2, 0.25) is 0 Å². The van der Waals surface area contributed by atoms with Crippen LogP contribution >= 0.6 is 0 Å². The maximum Gasteiger partial charge on any atom is 0.282 e. The van der Waals surface area contributed by atoms with Gasteiger partial charge in [0.05, 0.1) is 18.4 Å². The third kappa shape index (κ3) is 3.82. The van der Waals surface area contributed by atoms with Crippen molar-refractivity contribution in [2.24, 2.45) is 0 Å². The fraction of sp³-hybridized carbons (Fsp3) is 0.154. The van der Waals surface area contributed by atoms with E-state index in [1.807, 2.05) is 75.4 Å². The van der Waals surface area contributed by atoms with E-state index in [0.29, 0.717) is 28.3 Å². The number of amides is 2. The lowest BCUT2D eigenvalue weighted by atomic mass is 9.99. The van der Waals surface area contributed by atoms with Crippen molar-refractivity contribution in [3.8, 4) is 5.75 Å². The molecule has 0 bridgehead atoms. The minimum Gasteiger partial charge on any atom is -0.497 e. The van der Waals surface area contributed by atoms with Crippen molar-refractivity contribution in [2.45, 2.75) is 20.8 Å². The van der Waals surface area contributed by atoms with Gasteiger partial charge in [0.15, 0.2) is 0 Å². The molecule has 3 aromatic carbocycles. The van der Waals surface area contributed by atoms with Crippen LogP contribution in [0.25, 0.3) is 5.57 Å². The highest BCUT2D eigenvalue weighted by Gasteiger charge is 2.40. The van der Waals surface area contributed by atoms with Gasteiger partial charge in [0.1, 0.15) is 11.4 Å². The summed E-state index contributed by atoms with van der Waals surface area (Å²) in [4.78, 5) is 28.2. The van der Waals surface area contributed by atoms with Crippen LogP contribution in [-0.2, 0) is 9.59 Å². The Morgan fingerprint density at radius 1 is 0.806 bits per heavy atom. The summed E-state index contributed by atoms with van der Waals surface area (Å²) in [5, 5.41) is 3.18. The number of imide groups is 1. The van der Waals surface area contributed by atoms with Gasteiger partial charge in [-0.3, -0.25) is 9.59 Å². The summed E-state index contributed by atoms with van der Waals surface area (Å²) in [5.41, 5.74) is 5.70. The van der Waals surface area contributed by atoms with E-state index in [9.17, 15) is 9.59 Å². The molecule has 5 nitrogen and oxygen atoms in total. The highest BCUT2D eigenvalue weighted by Crippen LogP contribution is 2.35. The molecular weight excluding hydrogens is 388 g/mol. The molecule has 5 heteroatoms. The van der Waals surface area contributed by atoms with E-state index >= 15 is 0 Å². The number of hydrogen-bond donors (Lipinski definition) is 1. The number of rotatable bonds is 5. The molecule has 2 amide bonds. The number of anilines is 2. The molecule has 0 unspecified atom stereocenters. The Balaban J connectivity index is 1.85. The van der Waals surface area contributed by atoms with Gasteiger partial charge in [-0.15, -0.1) is 0 Å². The molecule has 0 saturated carbocycles. The maximum atomic E-state index is 13.5. The second-order valence-electron chi connectivity index (χ2n) is 7.69. The first-order valence-electron chi connectivity index (χ1n) is 10.1. The predicted molar refractivity (Wildman–Crippen MR) is 123 cm³/mol. The van der Waals surface area contributed by atoms with E-state index in [-0.39, 0.29) is 17.5 Å². The molecule has 1 N–H and O–H groups in total. The number of ether oxygens (including phenoxy) is 1. The van der Waals surface area contributed by atoms with Crippen LogP contribution in [0.3, 0.4) is 0 Å². The summed E-state index contributed by atoms with van der Waals surface area (Å²) in [6.45, 7) is 5.94. The van der Waals surface area contributed by atoms with E-state index in [4.69, 9.17) is 4.74 Å². The van der Waals surface area contributed by atoms with Crippen LogP contribution < -0.4 is 15.0 Å². The summed E-state index contributed by atoms with van der Waals surface area (Å²) in [7, 11) is 1.59. The van der Waals surface area contributed by atoms with E-state index < -0.39 is 0 Å². The van der Waals surface area contributed by atoms with Crippen molar-refractivity contribution in [3.63, 3.8) is 0 Å². The van der Waals surface area contributed by atoms with Gasteiger partial charge in [-0.1, -0.05) is 36.4 Å². The lowest BCUT2D eigenvalue weighted by Crippen LogP contribution is -2.32. The summed E-state index contributed by atoms with van der Waals surface area (Å²) in [5.74, 6) is -0.0680. The second-order valence-corrected chi connectivity index (χ2v) is 7.69. The summed E-state index contributed by atoms with van der Waals surface area (Å²) in [6, 6.07) is 20.5. The van der Waals surface area contributed by atoms with Crippen LogP contribution in [-0.4, -0.2) is 18.9 Å². The van der Waals surface area contributed by atoms with Crippen LogP contribution in [0, 0.1) is 20.8 Å². The number of nitrogens with zero attached hydrogens (tertiary/aromatic N) is 1. The first-order valence-corrected chi connectivity index (χ1v) is 10.1. The van der Waals surface area contributed by atoms with Gasteiger partial charge >= 0.3 is 0 Å². The smallest absolute Gasteiger partial charge is 0.282 e. The Morgan fingerprint density at radius 3 is 2.29 bits per heavy atom. The molecule has 0 radical (unpaired) electrons. The fourth-order valence-electron chi connectivity index (χ4n) is 3.66. The summed E-state index contributed by atoms with van der Waals surface area (Å²) >= 11 is 0. The molecule has 1 aliphatic heterocycles. The molecular formula is C26H24N2O3. The molecule has 156 valence electrons. The average Bonchev–Trinajstić information content (AvgIpc) is 2.99. The lowest BCUT2D eigenvalue weighted by molar-refractivity contribution is -0.120. The highest BCUT2D eigenvalue weighted by atomic mass is 16.5. The molecule has 0 aliphatic carbocycles. The van der Waals surface area contributed by atoms with Crippen LogP contribution in [0.1, 0.15) is 22.3 Å². The van der Waals surface area contributed by atoms with Crippen LogP contribution in [0.5, 0.6) is 5.75 Å². The van der Waals surface area contributed by atoms with Gasteiger partial charge in [0, 0.05) is 11.8 Å². The van der Waals surface area contributed by atoms with Crippen LogP contribution in [0.4, 0.5) is 11.4 Å². The third-order valence-corrected chi connectivity index (χ3v) is 5.48. The molecule has 0 spiro atoms. The van der Waals surface area contributed by atoms with Gasteiger partial charge in [-0.2, -0.15) is 0 Å². The van der Waals surface area contributed by atoms with E-state index in [2.05, 4.69) is 5.32 Å². The molecule has 0 aromatic heterocycles. The number of aryl methyl sites for hydroxylation is 3. The maximum absolute atomic E-state index is 13.5. The Morgan fingerprint density at radius 2 is 1.58 bits per heavy atom. The Labute approximate surface area is 182 Å². The zero-order valence-corrected chi connectivity index (χ0v) is 18.0. The van der Waals surface area contributed by atoms with Crippen molar-refractivity contribution in [1.29, 1.82) is 0 Å². The summed E-state index contributed by atoms with van der Waals surface area (Å²) in [6.07, 6.45) is 0. The molecule has 0 fully saturated rings. The number of carbonyl (C=O) groups excluding carboxylic acids is 2. The first kappa shape index (κ1) is 20.4. The minimum atomic E-state index is -0.383. The van der Waals surface area contributed by atoms with Gasteiger partial charge in [-0.05, 0) is 67.3 Å². The molecule has 1 heterocycles. The van der Waals surface area contributed by atoms with Crippen molar-refractivity contribution >= 4 is 28.8 Å². The zero-order valence-electron chi connectivity index (χ0n) is 18.0. The minimum absolute atomic E-state index is 0.253. The number of hydrogen-bond acceptors (Lipinski definition) is 4. The topological polar surface area (TPSA) is 58.6 Å². The third-order valence-electron chi connectivity index (χ3n) is 5.48. The lowest BCUT2D eigenvalue weighted by Gasteiger charge is -2.16. The van der Waals surface area contributed by atoms with Crippen molar-refractivity contribution in [2.75, 3.05) is 17.3 Å². The molecule has 0 atom stereocenters. The monoisotopic (exact) mass is 412 g/mol. The van der Waals surface area contributed by atoms with E-state index in [1.54, 1.807) is 19.2 Å². The van der Waals surface area contributed by atoms with Gasteiger partial charge in [0.2, 0.25) is 0 Å². The highest BCUT2D eigenvalue weighted by molar-refractivity contribution is 6.46. The average molecular weight is 412 g/mol. The molecule has 0 saturated heterocycles. The normalized spacial score (nSPS) is 13.7. The molecule has 1 aliphatic rings. The van der Waals surface area contributed by atoms with E-state index in [0.717, 1.165) is 16.7 Å². The Hall–Kier alpha value is -3.86. The Bertz CT molecular complexity index is 1230. The standard InChI is InChI=1S/C26H24N2O3/c1-16-7-5-9-21(13-16)28-25(29)23(19-12-11-17(2)18(3)14-19)24(26(28)30)27-20-8-6-10-22(15-20)31-4/h5-15,27H,1-4H3. The van der Waals surface area contributed by atoms with Gasteiger partial charge < -0.3 is 10.1 Å². The van der Waals surface area contributed by atoms with E-state index in [1.165, 1.54) is 4.90 Å². The fourth-order valence-corrected chi connectivity index (χ4v) is 3.66. The number of benzene rings is 3. The van der Waals surface area contributed by atoms with Crippen molar-refractivity contribution in [3.05, 3.63) is 94.7 Å². The first-order chi connectivity index (χ1) is 14.9. The number of nitrogens with one attached hydrogen (secondary N) is 1. The zero-order chi connectivity index (χ0) is 22.1. The predicted octanol–water partition coefficient (Wildman–Crippen LogP) is 5.02. The summed E-state index contributed by atoms with van der Waals surface area (Å²) < 4.78 is 5.29. The number of methoxy groups -OCH3 is 1. The van der Waals surface area contributed by atoms with Gasteiger partial charge in [-0.25, -0.2) is 4.90 Å². The molecule has 4 rings (SSSR count). The second kappa shape index (κ2) is 8.11. The number of carbonyl (C=O) groups is 2. The molecule has 31 heavy (non-hydrogen) atoms. The van der Waals surface area contributed by atoms with Crippen molar-refractivity contribution in [1.82, 2.24) is 0 Å². The van der Waals surface area contributed by atoms with Gasteiger partial charge in [0.25, 0.3) is 11.8 Å². The molecule has 3 aromatic rings.